The minimum absolute atomic E-state index is 0.0172. The van der Waals surface area contributed by atoms with E-state index in [1.165, 1.54) is 37.5 Å². The maximum Gasteiger partial charge on any atom is 0.0222 e. The number of hydrogen-bond donors (Lipinski definition) is 0. The van der Waals surface area contributed by atoms with Gasteiger partial charge in [0.25, 0.3) is 0 Å². The van der Waals surface area contributed by atoms with E-state index < -0.39 is 0 Å². The second-order valence-corrected chi connectivity index (χ2v) is 6.85. The Hall–Kier alpha value is -1.60. The fraction of sp³-hybridized carbons (Fsp3) is 0.158. The SMILES string of the molecule is CC1(C)c2c(Br)cccc2-c2cccc3cccc1c23. The van der Waals surface area contributed by atoms with E-state index in [2.05, 4.69) is 84.4 Å². The Labute approximate surface area is 127 Å². The van der Waals surface area contributed by atoms with Crippen LogP contribution >= 0.6 is 15.9 Å². The van der Waals surface area contributed by atoms with Crippen LogP contribution in [0.2, 0.25) is 0 Å². The number of halogens is 1. The van der Waals surface area contributed by atoms with Crippen molar-refractivity contribution in [2.45, 2.75) is 19.3 Å². The zero-order valence-electron chi connectivity index (χ0n) is 11.6. The van der Waals surface area contributed by atoms with Gasteiger partial charge in [-0.3, -0.25) is 0 Å². The predicted molar refractivity (Wildman–Crippen MR) is 89.2 cm³/mol. The Kier molecular flexibility index (Phi) is 2.41. The van der Waals surface area contributed by atoms with E-state index in [-0.39, 0.29) is 5.41 Å². The summed E-state index contributed by atoms with van der Waals surface area (Å²) in [6.07, 6.45) is 0. The van der Waals surface area contributed by atoms with Crippen LogP contribution in [0.25, 0.3) is 21.9 Å². The highest BCUT2D eigenvalue weighted by Gasteiger charge is 2.34. The summed E-state index contributed by atoms with van der Waals surface area (Å²) in [4.78, 5) is 0. The van der Waals surface area contributed by atoms with E-state index >= 15 is 0 Å². The third-order valence-corrected chi connectivity index (χ3v) is 5.17. The highest BCUT2D eigenvalue weighted by molar-refractivity contribution is 9.10. The van der Waals surface area contributed by atoms with Crippen molar-refractivity contribution in [1.29, 1.82) is 0 Å². The molecule has 0 N–H and O–H groups in total. The highest BCUT2D eigenvalue weighted by Crippen LogP contribution is 2.50. The summed E-state index contributed by atoms with van der Waals surface area (Å²) in [7, 11) is 0. The number of rotatable bonds is 0. The van der Waals surface area contributed by atoms with Gasteiger partial charge in [0.1, 0.15) is 0 Å². The normalized spacial score (nSPS) is 15.2. The molecule has 0 saturated heterocycles. The average molecular weight is 323 g/mol. The van der Waals surface area contributed by atoms with Gasteiger partial charge in [-0.25, -0.2) is 0 Å². The molecule has 0 radical (unpaired) electrons. The molecule has 0 fully saturated rings. The van der Waals surface area contributed by atoms with Crippen molar-refractivity contribution in [3.63, 3.8) is 0 Å². The molecule has 1 aliphatic carbocycles. The third kappa shape index (κ3) is 1.42. The molecule has 0 aromatic heterocycles. The number of fused-ring (bicyclic) bond motifs is 2. The lowest BCUT2D eigenvalue weighted by Gasteiger charge is -2.35. The van der Waals surface area contributed by atoms with Gasteiger partial charge in [-0.15, -0.1) is 0 Å². The average Bonchev–Trinajstić information content (AvgIpc) is 2.44. The van der Waals surface area contributed by atoms with Crippen molar-refractivity contribution in [2.24, 2.45) is 0 Å². The molecule has 0 nitrogen and oxygen atoms in total. The Morgan fingerprint density at radius 3 is 2.25 bits per heavy atom. The van der Waals surface area contributed by atoms with E-state index in [9.17, 15) is 0 Å². The van der Waals surface area contributed by atoms with E-state index in [1.807, 2.05) is 0 Å². The maximum absolute atomic E-state index is 3.76. The predicted octanol–water partition coefficient (Wildman–Crippen LogP) is 5.91. The van der Waals surface area contributed by atoms with Crippen LogP contribution in [0, 0.1) is 0 Å². The van der Waals surface area contributed by atoms with Crippen molar-refractivity contribution < 1.29 is 0 Å². The Morgan fingerprint density at radius 1 is 0.800 bits per heavy atom. The first-order valence-electron chi connectivity index (χ1n) is 6.92. The summed E-state index contributed by atoms with van der Waals surface area (Å²) in [6.45, 7) is 4.64. The van der Waals surface area contributed by atoms with Crippen LogP contribution in [0.1, 0.15) is 25.0 Å². The molecule has 0 saturated carbocycles. The van der Waals surface area contributed by atoms with E-state index in [4.69, 9.17) is 0 Å². The molecule has 3 aromatic carbocycles. The minimum atomic E-state index is 0.0172. The molecule has 3 aromatic rings. The highest BCUT2D eigenvalue weighted by atomic mass is 79.9. The first kappa shape index (κ1) is 12.2. The molecule has 98 valence electrons. The van der Waals surface area contributed by atoms with Crippen LogP contribution < -0.4 is 0 Å². The number of hydrogen-bond acceptors (Lipinski definition) is 0. The molecular formula is C19H15Br. The first-order chi connectivity index (χ1) is 9.60. The van der Waals surface area contributed by atoms with Gasteiger partial charge in [-0.1, -0.05) is 78.3 Å². The van der Waals surface area contributed by atoms with Crippen LogP contribution in [0.3, 0.4) is 0 Å². The molecule has 0 heterocycles. The molecule has 1 aliphatic rings. The van der Waals surface area contributed by atoms with Crippen LogP contribution in [0.5, 0.6) is 0 Å². The van der Waals surface area contributed by atoms with Gasteiger partial charge in [-0.05, 0) is 39.1 Å². The Balaban J connectivity index is 2.29. The Bertz CT molecular complexity index is 838. The third-order valence-electron chi connectivity index (χ3n) is 4.51. The molecule has 0 amide bonds. The van der Waals surface area contributed by atoms with Gasteiger partial charge in [0.2, 0.25) is 0 Å². The lowest BCUT2D eigenvalue weighted by molar-refractivity contribution is 0.641. The van der Waals surface area contributed by atoms with Gasteiger partial charge < -0.3 is 0 Å². The van der Waals surface area contributed by atoms with Gasteiger partial charge in [0.05, 0.1) is 0 Å². The van der Waals surface area contributed by atoms with Crippen molar-refractivity contribution in [2.75, 3.05) is 0 Å². The molecule has 0 bridgehead atoms. The Morgan fingerprint density at radius 2 is 1.45 bits per heavy atom. The van der Waals surface area contributed by atoms with Gasteiger partial charge in [0, 0.05) is 9.89 Å². The van der Waals surface area contributed by atoms with Crippen LogP contribution in [-0.4, -0.2) is 0 Å². The zero-order chi connectivity index (χ0) is 13.9. The molecule has 1 heteroatoms. The molecule has 4 rings (SSSR count). The lowest BCUT2D eigenvalue weighted by atomic mass is 9.68. The monoisotopic (exact) mass is 322 g/mol. The topological polar surface area (TPSA) is 0 Å². The van der Waals surface area contributed by atoms with E-state index in [0.29, 0.717) is 0 Å². The molecule has 0 unspecified atom stereocenters. The summed E-state index contributed by atoms with van der Waals surface area (Å²) in [5.74, 6) is 0. The van der Waals surface area contributed by atoms with Gasteiger partial charge in [0.15, 0.2) is 0 Å². The molecule has 20 heavy (non-hydrogen) atoms. The fourth-order valence-electron chi connectivity index (χ4n) is 3.60. The lowest BCUT2D eigenvalue weighted by Crippen LogP contribution is -2.24. The standard InChI is InChI=1S/C19H15Br/c1-19(2)15-10-4-7-12-6-3-8-13(17(12)15)14-9-5-11-16(20)18(14)19/h3-11H,1-2H3. The largest absolute Gasteiger partial charge is 0.0613 e. The minimum Gasteiger partial charge on any atom is -0.0613 e. The summed E-state index contributed by atoms with van der Waals surface area (Å²) in [6, 6.07) is 19.8. The summed E-state index contributed by atoms with van der Waals surface area (Å²) in [5.41, 5.74) is 5.54. The molecular weight excluding hydrogens is 308 g/mol. The zero-order valence-corrected chi connectivity index (χ0v) is 13.2. The fourth-order valence-corrected chi connectivity index (χ4v) is 4.47. The maximum atomic E-state index is 3.76. The molecule has 0 spiro atoms. The van der Waals surface area contributed by atoms with Gasteiger partial charge in [-0.2, -0.15) is 0 Å². The molecule has 0 atom stereocenters. The van der Waals surface area contributed by atoms with Crippen LogP contribution in [0.4, 0.5) is 0 Å². The van der Waals surface area contributed by atoms with E-state index in [0.717, 1.165) is 0 Å². The van der Waals surface area contributed by atoms with Crippen molar-refractivity contribution in [3.8, 4) is 11.1 Å². The summed E-state index contributed by atoms with van der Waals surface area (Å²) in [5, 5.41) is 2.74. The second-order valence-electron chi connectivity index (χ2n) is 6.00. The second kappa shape index (κ2) is 3.95. The van der Waals surface area contributed by atoms with Crippen LogP contribution in [0.15, 0.2) is 59.1 Å². The first-order valence-corrected chi connectivity index (χ1v) is 7.71. The summed E-state index contributed by atoms with van der Waals surface area (Å²) < 4.78 is 1.20. The van der Waals surface area contributed by atoms with E-state index in [1.54, 1.807) is 0 Å². The quantitative estimate of drug-likeness (QED) is 0.482. The molecule has 0 aliphatic heterocycles. The van der Waals surface area contributed by atoms with Crippen molar-refractivity contribution >= 4 is 26.7 Å². The number of benzene rings is 3. The summed E-state index contributed by atoms with van der Waals surface area (Å²) >= 11 is 3.76. The van der Waals surface area contributed by atoms with Crippen LogP contribution in [-0.2, 0) is 5.41 Å². The van der Waals surface area contributed by atoms with Crippen molar-refractivity contribution in [3.05, 3.63) is 70.2 Å². The van der Waals surface area contributed by atoms with Crippen molar-refractivity contribution in [1.82, 2.24) is 0 Å². The van der Waals surface area contributed by atoms with Gasteiger partial charge >= 0.3 is 0 Å². The smallest absolute Gasteiger partial charge is 0.0222 e.